The summed E-state index contributed by atoms with van der Waals surface area (Å²) in [5.41, 5.74) is 1.38. The van der Waals surface area contributed by atoms with E-state index < -0.39 is 29.6 Å². The number of benzene rings is 1. The monoisotopic (exact) mass is 500 g/mol. The molecule has 36 heavy (non-hydrogen) atoms. The normalized spacial score (nSPS) is 16.2. The van der Waals surface area contributed by atoms with Gasteiger partial charge >= 0.3 is 0 Å². The number of amides is 2. The largest absolute Gasteiger partial charge is 0.353 e. The van der Waals surface area contributed by atoms with E-state index in [1.807, 2.05) is 0 Å². The zero-order valence-electron chi connectivity index (χ0n) is 19.7. The molecular formula is C25H27F3N6O2. The Morgan fingerprint density at radius 2 is 1.94 bits per heavy atom. The third kappa shape index (κ3) is 6.61. The van der Waals surface area contributed by atoms with Crippen LogP contribution in [0.5, 0.6) is 0 Å². The molecule has 2 heterocycles. The minimum atomic E-state index is -2.69. The Labute approximate surface area is 206 Å². The Kier molecular flexibility index (Phi) is 7.56. The molecule has 0 bridgehead atoms. The molecule has 0 aliphatic heterocycles. The van der Waals surface area contributed by atoms with Gasteiger partial charge < -0.3 is 16.0 Å². The number of aromatic nitrogens is 3. The molecule has 1 aromatic carbocycles. The molecule has 8 nitrogen and oxygen atoms in total. The zero-order valence-corrected chi connectivity index (χ0v) is 19.7. The molecule has 11 heteroatoms. The van der Waals surface area contributed by atoms with Crippen molar-refractivity contribution < 1.29 is 22.8 Å². The van der Waals surface area contributed by atoms with Crippen molar-refractivity contribution in [1.82, 2.24) is 20.1 Å². The van der Waals surface area contributed by atoms with Gasteiger partial charge in [-0.2, -0.15) is 5.10 Å². The van der Waals surface area contributed by atoms with Crippen LogP contribution in [0.4, 0.5) is 30.2 Å². The number of nitrogens with one attached hydrogen (secondary N) is 3. The first-order chi connectivity index (χ1) is 17.2. The van der Waals surface area contributed by atoms with Crippen molar-refractivity contribution >= 4 is 28.9 Å². The zero-order chi connectivity index (χ0) is 25.7. The lowest BCUT2D eigenvalue weighted by Crippen LogP contribution is -2.45. The molecule has 2 amide bonds. The first kappa shape index (κ1) is 25.2. The summed E-state index contributed by atoms with van der Waals surface area (Å²) in [7, 11) is 1.70. The van der Waals surface area contributed by atoms with Gasteiger partial charge in [0.05, 0.1) is 23.8 Å². The van der Waals surface area contributed by atoms with Crippen molar-refractivity contribution in [3.05, 3.63) is 66.5 Å². The SMILES string of the molecule is Cn1cc(NC(=O)[C@H](CC2CCC(F)(F)CC2)NC(=O)c2cccc(Nc3ccncc3F)c2)cn1. The van der Waals surface area contributed by atoms with Crippen molar-refractivity contribution in [1.29, 1.82) is 0 Å². The fourth-order valence-corrected chi connectivity index (χ4v) is 4.23. The molecule has 0 spiro atoms. The lowest BCUT2D eigenvalue weighted by molar-refractivity contribution is -0.118. The summed E-state index contributed by atoms with van der Waals surface area (Å²) >= 11 is 0. The fourth-order valence-electron chi connectivity index (χ4n) is 4.23. The second kappa shape index (κ2) is 10.8. The van der Waals surface area contributed by atoms with Gasteiger partial charge in [-0.05, 0) is 49.4 Å². The van der Waals surface area contributed by atoms with Crippen LogP contribution in [0.25, 0.3) is 0 Å². The van der Waals surface area contributed by atoms with E-state index in [4.69, 9.17) is 0 Å². The molecule has 0 radical (unpaired) electrons. The van der Waals surface area contributed by atoms with Gasteiger partial charge in [-0.15, -0.1) is 0 Å². The van der Waals surface area contributed by atoms with E-state index in [0.717, 1.165) is 6.20 Å². The van der Waals surface area contributed by atoms with Crippen LogP contribution < -0.4 is 16.0 Å². The van der Waals surface area contributed by atoms with E-state index in [-0.39, 0.29) is 49.3 Å². The third-order valence-corrected chi connectivity index (χ3v) is 6.18. The van der Waals surface area contributed by atoms with E-state index in [1.165, 1.54) is 29.2 Å². The van der Waals surface area contributed by atoms with Crippen LogP contribution in [-0.4, -0.2) is 38.5 Å². The summed E-state index contributed by atoms with van der Waals surface area (Å²) < 4.78 is 42.7. The van der Waals surface area contributed by atoms with Gasteiger partial charge in [0.25, 0.3) is 5.91 Å². The summed E-state index contributed by atoms with van der Waals surface area (Å²) in [4.78, 5) is 29.9. The molecule has 1 fully saturated rings. The summed E-state index contributed by atoms with van der Waals surface area (Å²) in [6.07, 6.45) is 5.92. The standard InChI is InChI=1S/C25H27F3N6O2/c1-34-15-19(13-30-34)32-24(36)22(11-16-5-8-25(27,28)9-6-16)33-23(35)17-3-2-4-18(12-17)31-21-7-10-29-14-20(21)26/h2-4,7,10,12-16,22H,5-6,8-9,11H2,1H3,(H,29,31)(H,32,36)(H,33,35)/t22-/m0/s1. The first-order valence-electron chi connectivity index (χ1n) is 11.6. The third-order valence-electron chi connectivity index (χ3n) is 6.18. The summed E-state index contributed by atoms with van der Waals surface area (Å²) in [6, 6.07) is 6.93. The topological polar surface area (TPSA) is 101 Å². The molecule has 0 saturated heterocycles. The number of carbonyl (C=O) groups is 2. The van der Waals surface area contributed by atoms with Gasteiger partial charge in [-0.3, -0.25) is 19.3 Å². The number of rotatable bonds is 8. The minimum Gasteiger partial charge on any atom is -0.353 e. The van der Waals surface area contributed by atoms with Crippen LogP contribution in [0.15, 0.2) is 55.1 Å². The molecule has 3 N–H and O–H groups in total. The molecule has 1 aliphatic rings. The predicted molar refractivity (Wildman–Crippen MR) is 129 cm³/mol. The maximum atomic E-state index is 13.9. The molecule has 2 aromatic heterocycles. The average Bonchev–Trinajstić information content (AvgIpc) is 3.25. The number of alkyl halides is 2. The summed E-state index contributed by atoms with van der Waals surface area (Å²) in [6.45, 7) is 0. The first-order valence-corrected chi connectivity index (χ1v) is 11.6. The highest BCUT2D eigenvalue weighted by molar-refractivity contribution is 6.01. The Morgan fingerprint density at radius 3 is 2.64 bits per heavy atom. The van der Waals surface area contributed by atoms with Crippen molar-refractivity contribution in [3.63, 3.8) is 0 Å². The second-order valence-corrected chi connectivity index (χ2v) is 9.01. The van der Waals surface area contributed by atoms with E-state index in [0.29, 0.717) is 11.4 Å². The van der Waals surface area contributed by atoms with E-state index in [9.17, 15) is 22.8 Å². The molecule has 1 aliphatic carbocycles. The number of anilines is 3. The lowest BCUT2D eigenvalue weighted by Gasteiger charge is -2.30. The van der Waals surface area contributed by atoms with Crippen LogP contribution in [-0.2, 0) is 11.8 Å². The van der Waals surface area contributed by atoms with Crippen molar-refractivity contribution in [2.45, 2.75) is 44.1 Å². The van der Waals surface area contributed by atoms with E-state index in [1.54, 1.807) is 31.4 Å². The highest BCUT2D eigenvalue weighted by atomic mass is 19.3. The number of nitrogens with zero attached hydrogens (tertiary/aromatic N) is 3. The number of hydrogen-bond donors (Lipinski definition) is 3. The lowest BCUT2D eigenvalue weighted by atomic mass is 9.82. The van der Waals surface area contributed by atoms with Crippen LogP contribution in [0, 0.1) is 11.7 Å². The Morgan fingerprint density at radius 1 is 1.17 bits per heavy atom. The molecule has 1 saturated carbocycles. The summed E-state index contributed by atoms with van der Waals surface area (Å²) in [5.74, 6) is -4.33. The summed E-state index contributed by atoms with van der Waals surface area (Å²) in [5, 5.41) is 12.4. The second-order valence-electron chi connectivity index (χ2n) is 9.01. The van der Waals surface area contributed by atoms with Crippen LogP contribution in [0.3, 0.4) is 0 Å². The smallest absolute Gasteiger partial charge is 0.252 e. The molecule has 3 aromatic rings. The van der Waals surface area contributed by atoms with Crippen molar-refractivity contribution in [2.75, 3.05) is 10.6 Å². The molecule has 4 rings (SSSR count). The van der Waals surface area contributed by atoms with Gasteiger partial charge in [-0.1, -0.05) is 6.07 Å². The number of carbonyl (C=O) groups excluding carboxylic acids is 2. The Balaban J connectivity index is 1.48. The van der Waals surface area contributed by atoms with Gasteiger partial charge in [0.15, 0.2) is 5.82 Å². The van der Waals surface area contributed by atoms with E-state index >= 15 is 0 Å². The van der Waals surface area contributed by atoms with Crippen molar-refractivity contribution in [2.24, 2.45) is 13.0 Å². The van der Waals surface area contributed by atoms with Crippen LogP contribution in [0.1, 0.15) is 42.5 Å². The number of hydrogen-bond acceptors (Lipinski definition) is 5. The maximum absolute atomic E-state index is 13.9. The minimum absolute atomic E-state index is 0.128. The number of pyridine rings is 1. The Bertz CT molecular complexity index is 1220. The predicted octanol–water partition coefficient (Wildman–Crippen LogP) is 4.65. The number of aryl methyl sites for hydroxylation is 1. The van der Waals surface area contributed by atoms with Crippen LogP contribution in [0.2, 0.25) is 0 Å². The molecule has 190 valence electrons. The highest BCUT2D eigenvalue weighted by Gasteiger charge is 2.36. The van der Waals surface area contributed by atoms with E-state index in [2.05, 4.69) is 26.0 Å². The van der Waals surface area contributed by atoms with Gasteiger partial charge in [-0.25, -0.2) is 13.2 Å². The Hall–Kier alpha value is -3.89. The maximum Gasteiger partial charge on any atom is 0.252 e. The molecular weight excluding hydrogens is 473 g/mol. The highest BCUT2D eigenvalue weighted by Crippen LogP contribution is 2.38. The average molecular weight is 501 g/mol. The molecule has 0 unspecified atom stereocenters. The van der Waals surface area contributed by atoms with Gasteiger partial charge in [0, 0.05) is 43.5 Å². The van der Waals surface area contributed by atoms with Crippen molar-refractivity contribution in [3.8, 4) is 0 Å². The number of halogens is 3. The fraction of sp³-hybridized carbons (Fsp3) is 0.360. The quantitative estimate of drug-likeness (QED) is 0.418. The van der Waals surface area contributed by atoms with Gasteiger partial charge in [0.1, 0.15) is 6.04 Å². The molecule has 1 atom stereocenters. The van der Waals surface area contributed by atoms with Crippen LogP contribution >= 0.6 is 0 Å². The van der Waals surface area contributed by atoms with Gasteiger partial charge in [0.2, 0.25) is 11.8 Å².